The number of aliphatic hydroxyl groups excluding tert-OH is 1. The van der Waals surface area contributed by atoms with Gasteiger partial charge in [0.05, 0.1) is 5.02 Å². The van der Waals surface area contributed by atoms with E-state index in [1.807, 2.05) is 0 Å². The summed E-state index contributed by atoms with van der Waals surface area (Å²) in [6.45, 7) is 0.543. The van der Waals surface area contributed by atoms with E-state index in [0.29, 0.717) is 19.4 Å². The van der Waals surface area contributed by atoms with E-state index >= 15 is 0 Å². The molecule has 1 atom stereocenters. The zero-order valence-electron chi connectivity index (χ0n) is 11.5. The molecule has 2 heterocycles. The molecule has 0 saturated carbocycles. The van der Waals surface area contributed by atoms with Crippen LogP contribution in [0.5, 0.6) is 0 Å². The van der Waals surface area contributed by atoms with Crippen molar-refractivity contribution in [2.45, 2.75) is 36.6 Å². The first-order valence-electron chi connectivity index (χ1n) is 6.75. The number of anilines is 1. The Hall–Kier alpha value is -0.930. The number of aromatic nitrogens is 1. The quantitative estimate of drug-likeness (QED) is 0.528. The van der Waals surface area contributed by atoms with Crippen LogP contribution in [0.25, 0.3) is 0 Å². The van der Waals surface area contributed by atoms with Crippen LogP contribution in [0.2, 0.25) is 5.02 Å². The summed E-state index contributed by atoms with van der Waals surface area (Å²) in [4.78, 5) is 3.97. The first-order chi connectivity index (χ1) is 10.0. The summed E-state index contributed by atoms with van der Waals surface area (Å²) in [6, 6.07) is 1.27. The zero-order chi connectivity index (χ0) is 15.5. The van der Waals surface area contributed by atoms with Gasteiger partial charge in [-0.3, -0.25) is 0 Å². The molecule has 0 aliphatic carbocycles. The largest absolute Gasteiger partial charge is 0.396 e. The minimum atomic E-state index is -3.63. The number of hydrogen-bond donors (Lipinski definition) is 3. The van der Waals surface area contributed by atoms with Gasteiger partial charge in [-0.15, -0.1) is 0 Å². The summed E-state index contributed by atoms with van der Waals surface area (Å²) in [5, 5.41) is 9.07. The van der Waals surface area contributed by atoms with Gasteiger partial charge < -0.3 is 10.5 Å². The van der Waals surface area contributed by atoms with Crippen molar-refractivity contribution in [3.63, 3.8) is 0 Å². The number of nitrogens with two attached hydrogens (primary N) is 1. The third kappa shape index (κ3) is 3.46. The normalized spacial score (nSPS) is 19.9. The number of aliphatic hydroxyl groups is 1. The number of rotatable bonds is 6. The Morgan fingerprint density at radius 3 is 2.95 bits per heavy atom. The Balaban J connectivity index is 2.26. The molecule has 0 bridgehead atoms. The molecule has 1 fully saturated rings. The molecular formula is C12H19ClN4O3S. The van der Waals surface area contributed by atoms with E-state index in [2.05, 4.69) is 10.4 Å². The second-order valence-corrected chi connectivity index (χ2v) is 7.22. The van der Waals surface area contributed by atoms with E-state index in [4.69, 9.17) is 22.6 Å². The van der Waals surface area contributed by atoms with Crippen molar-refractivity contribution < 1.29 is 13.5 Å². The SMILES string of the molecule is NNc1ncc(S(=O)(=O)N2CCCC2CCCO)cc1Cl. The van der Waals surface area contributed by atoms with Crippen LogP contribution in [0.1, 0.15) is 25.7 Å². The maximum atomic E-state index is 12.7. The lowest BCUT2D eigenvalue weighted by Crippen LogP contribution is -2.35. The molecular weight excluding hydrogens is 316 g/mol. The maximum Gasteiger partial charge on any atom is 0.244 e. The van der Waals surface area contributed by atoms with Gasteiger partial charge in [-0.1, -0.05) is 11.6 Å². The van der Waals surface area contributed by atoms with Gasteiger partial charge in [0.1, 0.15) is 4.90 Å². The van der Waals surface area contributed by atoms with Gasteiger partial charge in [-0.2, -0.15) is 4.31 Å². The molecule has 9 heteroatoms. The van der Waals surface area contributed by atoms with Crippen molar-refractivity contribution in [1.82, 2.24) is 9.29 Å². The highest BCUT2D eigenvalue weighted by Crippen LogP contribution is 2.30. The van der Waals surface area contributed by atoms with Gasteiger partial charge >= 0.3 is 0 Å². The summed E-state index contributed by atoms with van der Waals surface area (Å²) in [5.41, 5.74) is 2.30. The predicted octanol–water partition coefficient (Wildman–Crippen LogP) is 0.946. The highest BCUT2D eigenvalue weighted by Gasteiger charge is 2.35. The summed E-state index contributed by atoms with van der Waals surface area (Å²) in [7, 11) is -3.63. The number of pyridine rings is 1. The van der Waals surface area contributed by atoms with Crippen LogP contribution in [-0.4, -0.2) is 42.0 Å². The summed E-state index contributed by atoms with van der Waals surface area (Å²) >= 11 is 5.94. The summed E-state index contributed by atoms with van der Waals surface area (Å²) in [6.07, 6.45) is 4.12. The van der Waals surface area contributed by atoms with Crippen molar-refractivity contribution >= 4 is 27.4 Å². The van der Waals surface area contributed by atoms with E-state index in [-0.39, 0.29) is 28.4 Å². The molecule has 118 valence electrons. The second-order valence-electron chi connectivity index (χ2n) is 4.92. The monoisotopic (exact) mass is 334 g/mol. The first kappa shape index (κ1) is 16.4. The summed E-state index contributed by atoms with van der Waals surface area (Å²) < 4.78 is 26.8. The number of sulfonamides is 1. The molecule has 1 aromatic rings. The lowest BCUT2D eigenvalue weighted by atomic mass is 10.1. The van der Waals surface area contributed by atoms with E-state index < -0.39 is 10.0 Å². The van der Waals surface area contributed by atoms with Gasteiger partial charge in [0.2, 0.25) is 10.0 Å². The van der Waals surface area contributed by atoms with Crippen molar-refractivity contribution in [2.75, 3.05) is 18.6 Å². The molecule has 1 aliphatic rings. The van der Waals surface area contributed by atoms with Crippen LogP contribution in [-0.2, 0) is 10.0 Å². The fourth-order valence-electron chi connectivity index (χ4n) is 2.54. The maximum absolute atomic E-state index is 12.7. The van der Waals surface area contributed by atoms with E-state index in [1.165, 1.54) is 16.6 Å². The Bertz CT molecular complexity index is 596. The van der Waals surface area contributed by atoms with Crippen molar-refractivity contribution in [3.05, 3.63) is 17.3 Å². The average Bonchev–Trinajstić information content (AvgIpc) is 2.94. The van der Waals surface area contributed by atoms with Crippen molar-refractivity contribution in [1.29, 1.82) is 0 Å². The van der Waals surface area contributed by atoms with Crippen LogP contribution < -0.4 is 11.3 Å². The molecule has 0 radical (unpaired) electrons. The average molecular weight is 335 g/mol. The lowest BCUT2D eigenvalue weighted by Gasteiger charge is -2.24. The molecule has 0 spiro atoms. The minimum absolute atomic E-state index is 0.0578. The lowest BCUT2D eigenvalue weighted by molar-refractivity contribution is 0.264. The van der Waals surface area contributed by atoms with E-state index in [9.17, 15) is 8.42 Å². The topological polar surface area (TPSA) is 109 Å². The number of halogens is 1. The van der Waals surface area contributed by atoms with Crippen LogP contribution in [0.15, 0.2) is 17.2 Å². The van der Waals surface area contributed by atoms with Gasteiger partial charge in [0, 0.05) is 25.4 Å². The first-order valence-corrected chi connectivity index (χ1v) is 8.57. The minimum Gasteiger partial charge on any atom is -0.396 e. The molecule has 7 nitrogen and oxygen atoms in total. The molecule has 1 aromatic heterocycles. The third-order valence-corrected chi connectivity index (χ3v) is 5.78. The molecule has 1 unspecified atom stereocenters. The predicted molar refractivity (Wildman–Crippen MR) is 80.3 cm³/mol. The molecule has 1 saturated heterocycles. The molecule has 0 aromatic carbocycles. The third-order valence-electron chi connectivity index (χ3n) is 3.58. The Morgan fingerprint density at radius 2 is 2.33 bits per heavy atom. The second kappa shape index (κ2) is 6.89. The van der Waals surface area contributed by atoms with Gasteiger partial charge in [0.25, 0.3) is 0 Å². The highest BCUT2D eigenvalue weighted by atomic mass is 35.5. The zero-order valence-corrected chi connectivity index (χ0v) is 13.1. The fraction of sp³-hybridized carbons (Fsp3) is 0.583. The standard InChI is InChI=1S/C12H19ClN4O3S/c13-11-7-10(8-15-12(11)16-14)21(19,20)17-5-1-3-9(17)4-2-6-18/h7-9,18H,1-6,14H2,(H,15,16). The van der Waals surface area contributed by atoms with Gasteiger partial charge in [-0.25, -0.2) is 19.2 Å². The van der Waals surface area contributed by atoms with Gasteiger partial charge in [-0.05, 0) is 31.7 Å². The van der Waals surface area contributed by atoms with Crippen molar-refractivity contribution in [2.24, 2.45) is 5.84 Å². The molecule has 2 rings (SSSR count). The van der Waals surface area contributed by atoms with Gasteiger partial charge in [0.15, 0.2) is 5.82 Å². The molecule has 4 N–H and O–H groups in total. The number of nitrogens with one attached hydrogen (secondary N) is 1. The number of nitrogen functional groups attached to an aromatic ring is 1. The van der Waals surface area contributed by atoms with Crippen molar-refractivity contribution in [3.8, 4) is 0 Å². The smallest absolute Gasteiger partial charge is 0.244 e. The Labute approximate surface area is 129 Å². The molecule has 1 aliphatic heterocycles. The Morgan fingerprint density at radius 1 is 1.57 bits per heavy atom. The van der Waals surface area contributed by atoms with Crippen LogP contribution >= 0.6 is 11.6 Å². The van der Waals surface area contributed by atoms with E-state index in [0.717, 1.165) is 12.8 Å². The summed E-state index contributed by atoms with van der Waals surface area (Å²) in [5.74, 6) is 5.46. The highest BCUT2D eigenvalue weighted by molar-refractivity contribution is 7.89. The number of nitrogens with zero attached hydrogens (tertiary/aromatic N) is 2. The van der Waals surface area contributed by atoms with E-state index in [1.54, 1.807) is 0 Å². The van der Waals surface area contributed by atoms with Crippen LogP contribution in [0.4, 0.5) is 5.82 Å². The fourth-order valence-corrected chi connectivity index (χ4v) is 4.53. The number of hydrogen-bond acceptors (Lipinski definition) is 6. The van der Waals surface area contributed by atoms with Crippen LogP contribution in [0, 0.1) is 0 Å². The molecule has 0 amide bonds. The number of hydrazine groups is 1. The Kier molecular flexibility index (Phi) is 5.39. The molecule has 21 heavy (non-hydrogen) atoms. The van der Waals surface area contributed by atoms with Crippen LogP contribution in [0.3, 0.4) is 0 Å².